The number of Topliss-reactive ketones (excluding diaryl/α,β-unsaturated/α-hetero) is 1. The molecule has 1 aromatic rings. The van der Waals surface area contributed by atoms with E-state index in [4.69, 9.17) is 0 Å². The van der Waals surface area contributed by atoms with Gasteiger partial charge in [0.15, 0.2) is 5.78 Å². The SMILES string of the molecule is O=C(CCC(=O)c1ccc(F)cc1F)NC1CCNCC1. The van der Waals surface area contributed by atoms with E-state index in [-0.39, 0.29) is 30.4 Å². The standard InChI is InChI=1S/C15H18F2N2O2/c16-10-1-2-12(13(17)9-10)14(20)3-4-15(21)19-11-5-7-18-8-6-11/h1-2,9,11,18H,3-8H2,(H,19,21). The molecule has 1 amide bonds. The summed E-state index contributed by atoms with van der Waals surface area (Å²) >= 11 is 0. The number of nitrogens with one attached hydrogen (secondary N) is 2. The van der Waals surface area contributed by atoms with Gasteiger partial charge in [-0.2, -0.15) is 0 Å². The zero-order valence-corrected chi connectivity index (χ0v) is 11.6. The van der Waals surface area contributed by atoms with E-state index in [1.807, 2.05) is 0 Å². The molecule has 6 heteroatoms. The number of amides is 1. The van der Waals surface area contributed by atoms with Gasteiger partial charge in [-0.05, 0) is 38.1 Å². The lowest BCUT2D eigenvalue weighted by Gasteiger charge is -2.23. The Labute approximate surface area is 121 Å². The molecule has 1 heterocycles. The van der Waals surface area contributed by atoms with Crippen molar-refractivity contribution in [1.82, 2.24) is 10.6 Å². The van der Waals surface area contributed by atoms with Crippen LogP contribution in [-0.2, 0) is 4.79 Å². The Morgan fingerprint density at radius 1 is 1.19 bits per heavy atom. The Bertz CT molecular complexity index is 528. The highest BCUT2D eigenvalue weighted by atomic mass is 19.1. The Morgan fingerprint density at radius 3 is 2.57 bits per heavy atom. The maximum Gasteiger partial charge on any atom is 0.220 e. The molecule has 0 radical (unpaired) electrons. The number of carbonyl (C=O) groups excluding carboxylic acids is 2. The van der Waals surface area contributed by atoms with E-state index in [2.05, 4.69) is 10.6 Å². The lowest BCUT2D eigenvalue weighted by atomic mass is 10.0. The highest BCUT2D eigenvalue weighted by Crippen LogP contribution is 2.13. The van der Waals surface area contributed by atoms with Crippen LogP contribution < -0.4 is 10.6 Å². The van der Waals surface area contributed by atoms with Crippen LogP contribution in [0.15, 0.2) is 18.2 Å². The van der Waals surface area contributed by atoms with Gasteiger partial charge in [-0.25, -0.2) is 8.78 Å². The van der Waals surface area contributed by atoms with E-state index in [1.54, 1.807) is 0 Å². The average molecular weight is 296 g/mol. The second-order valence-electron chi connectivity index (χ2n) is 5.14. The summed E-state index contributed by atoms with van der Waals surface area (Å²) < 4.78 is 26.2. The molecule has 1 aromatic carbocycles. The summed E-state index contributed by atoms with van der Waals surface area (Å²) in [6.45, 7) is 1.73. The molecular weight excluding hydrogens is 278 g/mol. The fraction of sp³-hybridized carbons (Fsp3) is 0.467. The molecule has 1 aliphatic rings. The summed E-state index contributed by atoms with van der Waals surface area (Å²) in [6, 6.07) is 2.95. The second-order valence-corrected chi connectivity index (χ2v) is 5.14. The molecule has 0 spiro atoms. The van der Waals surface area contributed by atoms with Crippen LogP contribution >= 0.6 is 0 Å². The highest BCUT2D eigenvalue weighted by molar-refractivity contribution is 5.98. The highest BCUT2D eigenvalue weighted by Gasteiger charge is 2.17. The Kier molecular flexibility index (Phi) is 5.38. The summed E-state index contributed by atoms with van der Waals surface area (Å²) in [5.74, 6) is -2.32. The lowest BCUT2D eigenvalue weighted by Crippen LogP contribution is -2.42. The molecule has 1 fully saturated rings. The zero-order valence-electron chi connectivity index (χ0n) is 11.6. The normalized spacial score (nSPS) is 15.7. The van der Waals surface area contributed by atoms with Crippen molar-refractivity contribution >= 4 is 11.7 Å². The number of ketones is 1. The summed E-state index contributed by atoms with van der Waals surface area (Å²) in [6.07, 6.45) is 1.66. The first-order chi connectivity index (χ1) is 10.1. The van der Waals surface area contributed by atoms with Crippen molar-refractivity contribution in [2.45, 2.75) is 31.7 Å². The van der Waals surface area contributed by atoms with Gasteiger partial charge in [-0.1, -0.05) is 0 Å². The van der Waals surface area contributed by atoms with E-state index >= 15 is 0 Å². The van der Waals surface area contributed by atoms with Crippen molar-refractivity contribution < 1.29 is 18.4 Å². The number of hydrogen-bond acceptors (Lipinski definition) is 3. The maximum atomic E-state index is 13.4. The van der Waals surface area contributed by atoms with Gasteiger partial charge in [0.05, 0.1) is 5.56 Å². The van der Waals surface area contributed by atoms with Crippen molar-refractivity contribution in [2.75, 3.05) is 13.1 Å². The van der Waals surface area contributed by atoms with Gasteiger partial charge in [0.2, 0.25) is 5.91 Å². The molecule has 1 aliphatic heterocycles. The minimum Gasteiger partial charge on any atom is -0.353 e. The van der Waals surface area contributed by atoms with E-state index in [0.29, 0.717) is 6.07 Å². The van der Waals surface area contributed by atoms with Gasteiger partial charge in [-0.3, -0.25) is 9.59 Å². The van der Waals surface area contributed by atoms with Gasteiger partial charge in [-0.15, -0.1) is 0 Å². The van der Waals surface area contributed by atoms with Crippen LogP contribution in [0.25, 0.3) is 0 Å². The molecule has 0 bridgehead atoms. The van der Waals surface area contributed by atoms with Gasteiger partial charge in [0.25, 0.3) is 0 Å². The summed E-state index contributed by atoms with van der Waals surface area (Å²) in [4.78, 5) is 23.6. The van der Waals surface area contributed by atoms with Crippen LogP contribution in [0.1, 0.15) is 36.0 Å². The van der Waals surface area contributed by atoms with Gasteiger partial charge in [0, 0.05) is 24.9 Å². The van der Waals surface area contributed by atoms with Crippen molar-refractivity contribution in [1.29, 1.82) is 0 Å². The molecule has 0 aromatic heterocycles. The number of carbonyl (C=O) groups is 2. The molecule has 1 saturated heterocycles. The van der Waals surface area contributed by atoms with Crippen molar-refractivity contribution in [3.63, 3.8) is 0 Å². The minimum atomic E-state index is -0.890. The zero-order chi connectivity index (χ0) is 15.2. The molecule has 0 unspecified atom stereocenters. The van der Waals surface area contributed by atoms with Crippen LogP contribution in [0, 0.1) is 11.6 Å². The van der Waals surface area contributed by atoms with Crippen LogP contribution in [-0.4, -0.2) is 30.8 Å². The van der Waals surface area contributed by atoms with E-state index in [9.17, 15) is 18.4 Å². The van der Waals surface area contributed by atoms with Gasteiger partial charge < -0.3 is 10.6 Å². The van der Waals surface area contributed by atoms with Crippen molar-refractivity contribution in [2.24, 2.45) is 0 Å². The maximum absolute atomic E-state index is 13.4. The van der Waals surface area contributed by atoms with Gasteiger partial charge in [0.1, 0.15) is 11.6 Å². The topological polar surface area (TPSA) is 58.2 Å². The Hall–Kier alpha value is -1.82. The Morgan fingerprint density at radius 2 is 1.90 bits per heavy atom. The predicted molar refractivity (Wildman–Crippen MR) is 74.0 cm³/mol. The molecular formula is C15H18F2N2O2. The summed E-state index contributed by atoms with van der Waals surface area (Å²) in [5, 5.41) is 6.06. The second kappa shape index (κ2) is 7.26. The van der Waals surface area contributed by atoms with Crippen molar-refractivity contribution in [3.05, 3.63) is 35.4 Å². The van der Waals surface area contributed by atoms with Crippen LogP contribution in [0.4, 0.5) is 8.78 Å². The average Bonchev–Trinajstić information content (AvgIpc) is 2.46. The third-order valence-electron chi connectivity index (χ3n) is 3.51. The molecule has 4 nitrogen and oxygen atoms in total. The number of halogens is 2. The van der Waals surface area contributed by atoms with Crippen molar-refractivity contribution in [3.8, 4) is 0 Å². The first-order valence-corrected chi connectivity index (χ1v) is 7.04. The quantitative estimate of drug-likeness (QED) is 0.815. The third-order valence-corrected chi connectivity index (χ3v) is 3.51. The third kappa shape index (κ3) is 4.60. The largest absolute Gasteiger partial charge is 0.353 e. The summed E-state index contributed by atoms with van der Waals surface area (Å²) in [5.41, 5.74) is -0.175. The summed E-state index contributed by atoms with van der Waals surface area (Å²) in [7, 11) is 0. The van der Waals surface area contributed by atoms with Gasteiger partial charge >= 0.3 is 0 Å². The molecule has 0 atom stereocenters. The molecule has 0 saturated carbocycles. The molecule has 0 aliphatic carbocycles. The Balaban J connectivity index is 1.81. The fourth-order valence-corrected chi connectivity index (χ4v) is 2.34. The van der Waals surface area contributed by atoms with Crippen LogP contribution in [0.3, 0.4) is 0 Å². The molecule has 2 N–H and O–H groups in total. The number of benzene rings is 1. The molecule has 21 heavy (non-hydrogen) atoms. The van der Waals surface area contributed by atoms with Crippen LogP contribution in [0.2, 0.25) is 0 Å². The minimum absolute atomic E-state index is 0.0135. The van der Waals surface area contributed by atoms with Crippen LogP contribution in [0.5, 0.6) is 0 Å². The first kappa shape index (κ1) is 15.6. The van der Waals surface area contributed by atoms with E-state index < -0.39 is 17.4 Å². The predicted octanol–water partition coefficient (Wildman–Crippen LogP) is 1.80. The number of rotatable bonds is 5. The smallest absolute Gasteiger partial charge is 0.220 e. The monoisotopic (exact) mass is 296 g/mol. The van der Waals surface area contributed by atoms with E-state index in [0.717, 1.165) is 38.1 Å². The number of hydrogen-bond donors (Lipinski definition) is 2. The lowest BCUT2D eigenvalue weighted by molar-refractivity contribution is -0.121. The molecule has 114 valence electrons. The van der Waals surface area contributed by atoms with E-state index in [1.165, 1.54) is 0 Å². The first-order valence-electron chi connectivity index (χ1n) is 7.04. The molecule has 2 rings (SSSR count). The fourth-order valence-electron chi connectivity index (χ4n) is 2.34. The number of piperidine rings is 1.